The zero-order valence-corrected chi connectivity index (χ0v) is 11.9. The van der Waals surface area contributed by atoms with E-state index in [1.165, 1.54) is 4.88 Å². The van der Waals surface area contributed by atoms with E-state index in [1.54, 1.807) is 17.4 Å². The molecule has 0 fully saturated rings. The van der Waals surface area contributed by atoms with Crippen LogP contribution in [0.3, 0.4) is 0 Å². The normalized spacial score (nSPS) is 17.7. The first-order valence-corrected chi connectivity index (χ1v) is 7.58. The van der Waals surface area contributed by atoms with Crippen LogP contribution >= 0.6 is 11.3 Å². The average Bonchev–Trinajstić information content (AvgIpc) is 3.17. The number of benzene rings is 1. The molecule has 0 amide bonds. The van der Waals surface area contributed by atoms with E-state index in [2.05, 4.69) is 16.6 Å². The fourth-order valence-electron chi connectivity index (χ4n) is 2.53. The molecule has 0 radical (unpaired) electrons. The Kier molecular flexibility index (Phi) is 2.86. The van der Waals surface area contributed by atoms with Crippen molar-refractivity contribution >= 4 is 28.0 Å². The third-order valence-electron chi connectivity index (χ3n) is 3.59. The van der Waals surface area contributed by atoms with Crippen molar-refractivity contribution in [1.82, 2.24) is 5.43 Å². The number of rotatable bonds is 2. The summed E-state index contributed by atoms with van der Waals surface area (Å²) in [6.07, 6.45) is 0.698. The molecule has 1 aliphatic heterocycles. The van der Waals surface area contributed by atoms with Gasteiger partial charge in [-0.25, -0.2) is 4.79 Å². The quantitative estimate of drug-likeness (QED) is 0.738. The van der Waals surface area contributed by atoms with Crippen molar-refractivity contribution in [2.75, 3.05) is 0 Å². The predicted molar refractivity (Wildman–Crippen MR) is 83.8 cm³/mol. The van der Waals surface area contributed by atoms with E-state index in [1.807, 2.05) is 35.7 Å². The number of thiophene rings is 1. The van der Waals surface area contributed by atoms with Gasteiger partial charge in [-0.3, -0.25) is 0 Å². The van der Waals surface area contributed by atoms with Gasteiger partial charge in [-0.2, -0.15) is 5.10 Å². The van der Waals surface area contributed by atoms with Gasteiger partial charge in [-0.15, -0.1) is 11.3 Å². The highest BCUT2D eigenvalue weighted by atomic mass is 32.1. The summed E-state index contributed by atoms with van der Waals surface area (Å²) >= 11 is 1.69. The molecule has 4 nitrogen and oxygen atoms in total. The Balaban J connectivity index is 1.71. The molecule has 0 saturated heterocycles. The molecule has 0 spiro atoms. The van der Waals surface area contributed by atoms with Crippen molar-refractivity contribution in [1.29, 1.82) is 0 Å². The summed E-state index contributed by atoms with van der Waals surface area (Å²) < 4.78 is 5.37. The van der Waals surface area contributed by atoms with Crippen LogP contribution < -0.4 is 11.1 Å². The van der Waals surface area contributed by atoms with E-state index in [0.29, 0.717) is 17.6 Å². The minimum absolute atomic E-state index is 0.144. The summed E-state index contributed by atoms with van der Waals surface area (Å²) in [5.74, 6) is 0. The lowest BCUT2D eigenvalue weighted by molar-refractivity contribution is 0.559. The molecule has 5 heteroatoms. The number of hydrazone groups is 1. The smallest absolute Gasteiger partial charge is 0.345 e. The Morgan fingerprint density at radius 1 is 1.24 bits per heavy atom. The number of fused-ring (bicyclic) bond motifs is 1. The molecule has 4 rings (SSSR count). The van der Waals surface area contributed by atoms with E-state index in [-0.39, 0.29) is 11.7 Å². The highest BCUT2D eigenvalue weighted by Crippen LogP contribution is 2.27. The van der Waals surface area contributed by atoms with Crippen molar-refractivity contribution in [3.63, 3.8) is 0 Å². The van der Waals surface area contributed by atoms with E-state index in [4.69, 9.17) is 4.42 Å². The largest absolute Gasteiger partial charge is 0.422 e. The molecular formula is C16H12N2O2S. The Hall–Kier alpha value is -2.40. The topological polar surface area (TPSA) is 54.6 Å². The number of nitrogens with one attached hydrogen (secondary N) is 1. The van der Waals surface area contributed by atoms with Crippen molar-refractivity contribution in [2.45, 2.75) is 12.5 Å². The summed E-state index contributed by atoms with van der Waals surface area (Å²) in [4.78, 5) is 13.4. The van der Waals surface area contributed by atoms with Gasteiger partial charge in [-0.1, -0.05) is 24.3 Å². The lowest BCUT2D eigenvalue weighted by Crippen LogP contribution is -2.13. The molecule has 1 N–H and O–H groups in total. The first-order valence-electron chi connectivity index (χ1n) is 6.70. The predicted octanol–water partition coefficient (Wildman–Crippen LogP) is 3.29. The monoisotopic (exact) mass is 296 g/mol. The lowest BCUT2D eigenvalue weighted by atomic mass is 10.0. The molecule has 0 saturated carbocycles. The first kappa shape index (κ1) is 12.3. The second kappa shape index (κ2) is 4.86. The minimum atomic E-state index is -0.332. The fraction of sp³-hybridized carbons (Fsp3) is 0.125. The second-order valence-electron chi connectivity index (χ2n) is 4.95. The summed E-state index contributed by atoms with van der Waals surface area (Å²) in [5, 5.41) is 7.28. The van der Waals surface area contributed by atoms with Gasteiger partial charge in [0.1, 0.15) is 5.58 Å². The second-order valence-corrected chi connectivity index (χ2v) is 5.92. The average molecular weight is 296 g/mol. The lowest BCUT2D eigenvalue weighted by Gasteiger charge is -2.06. The van der Waals surface area contributed by atoms with Crippen LogP contribution in [0.4, 0.5) is 0 Å². The maximum absolute atomic E-state index is 12.1. The van der Waals surface area contributed by atoms with Gasteiger partial charge in [0.2, 0.25) is 0 Å². The summed E-state index contributed by atoms with van der Waals surface area (Å²) in [6, 6.07) is 13.6. The Morgan fingerprint density at radius 2 is 2.14 bits per heavy atom. The van der Waals surface area contributed by atoms with Gasteiger partial charge in [0, 0.05) is 16.7 Å². The zero-order chi connectivity index (χ0) is 14.2. The van der Waals surface area contributed by atoms with Crippen LogP contribution in [0.25, 0.3) is 11.0 Å². The highest BCUT2D eigenvalue weighted by molar-refractivity contribution is 7.10. The standard InChI is InChI=1S/C16H12N2O2S/c19-16-11(8-10-4-1-2-5-14(10)20-16)12-9-13(18-17-12)15-6-3-7-21-15/h1-8,13,18H,9H2/t13-/m1/s1. The van der Waals surface area contributed by atoms with Gasteiger partial charge < -0.3 is 9.84 Å². The van der Waals surface area contributed by atoms with Gasteiger partial charge in [0.05, 0.1) is 17.3 Å². The van der Waals surface area contributed by atoms with Crippen molar-refractivity contribution in [3.05, 3.63) is 68.7 Å². The number of hydrogen-bond donors (Lipinski definition) is 1. The van der Waals surface area contributed by atoms with Crippen LogP contribution in [-0.4, -0.2) is 5.71 Å². The first-order chi connectivity index (χ1) is 10.3. The van der Waals surface area contributed by atoms with Crippen molar-refractivity contribution in [2.24, 2.45) is 5.10 Å². The van der Waals surface area contributed by atoms with Crippen LogP contribution in [0.15, 0.2) is 62.2 Å². The number of hydrogen-bond acceptors (Lipinski definition) is 5. The van der Waals surface area contributed by atoms with E-state index in [0.717, 1.165) is 11.1 Å². The molecular weight excluding hydrogens is 284 g/mol. The number of para-hydroxylation sites is 1. The third kappa shape index (κ3) is 2.15. The van der Waals surface area contributed by atoms with Crippen LogP contribution in [-0.2, 0) is 0 Å². The summed E-state index contributed by atoms with van der Waals surface area (Å²) in [7, 11) is 0. The van der Waals surface area contributed by atoms with Crippen molar-refractivity contribution < 1.29 is 4.42 Å². The van der Waals surface area contributed by atoms with E-state index in [9.17, 15) is 4.79 Å². The van der Waals surface area contributed by atoms with Gasteiger partial charge >= 0.3 is 5.63 Å². The van der Waals surface area contributed by atoms with Gasteiger partial charge in [0.15, 0.2) is 0 Å². The molecule has 104 valence electrons. The third-order valence-corrected chi connectivity index (χ3v) is 4.58. The van der Waals surface area contributed by atoms with Crippen LogP contribution in [0.5, 0.6) is 0 Å². The van der Waals surface area contributed by atoms with Gasteiger partial charge in [-0.05, 0) is 23.6 Å². The molecule has 21 heavy (non-hydrogen) atoms. The Morgan fingerprint density at radius 3 is 3.00 bits per heavy atom. The summed E-state index contributed by atoms with van der Waals surface area (Å²) in [6.45, 7) is 0. The minimum Gasteiger partial charge on any atom is -0.422 e. The molecule has 3 aromatic rings. The molecule has 3 heterocycles. The molecule has 1 aliphatic rings. The van der Waals surface area contributed by atoms with Crippen LogP contribution in [0.2, 0.25) is 0 Å². The molecule has 0 unspecified atom stereocenters. The van der Waals surface area contributed by atoms with E-state index < -0.39 is 0 Å². The molecule has 1 aromatic carbocycles. The SMILES string of the molecule is O=c1oc2ccccc2cc1C1=NN[C@@H](c2cccs2)C1. The van der Waals surface area contributed by atoms with Crippen LogP contribution in [0, 0.1) is 0 Å². The molecule has 0 bridgehead atoms. The van der Waals surface area contributed by atoms with Gasteiger partial charge in [0.25, 0.3) is 0 Å². The van der Waals surface area contributed by atoms with E-state index >= 15 is 0 Å². The van der Waals surface area contributed by atoms with Crippen molar-refractivity contribution in [3.8, 4) is 0 Å². The maximum Gasteiger partial charge on any atom is 0.345 e. The highest BCUT2D eigenvalue weighted by Gasteiger charge is 2.24. The zero-order valence-electron chi connectivity index (χ0n) is 11.1. The Bertz CT molecular complexity index is 881. The number of nitrogens with zero attached hydrogens (tertiary/aromatic N) is 1. The molecule has 0 aliphatic carbocycles. The molecule has 2 aromatic heterocycles. The molecule has 1 atom stereocenters. The fourth-order valence-corrected chi connectivity index (χ4v) is 3.30. The maximum atomic E-state index is 12.1. The summed E-state index contributed by atoms with van der Waals surface area (Å²) in [5.41, 5.74) is 4.67. The van der Waals surface area contributed by atoms with Crippen LogP contribution in [0.1, 0.15) is 22.9 Å². The Labute approximate surface area is 124 Å².